The van der Waals surface area contributed by atoms with Crippen molar-refractivity contribution in [1.29, 1.82) is 0 Å². The summed E-state index contributed by atoms with van der Waals surface area (Å²) in [7, 11) is 0. The monoisotopic (exact) mass is 409 g/mol. The van der Waals surface area contributed by atoms with Gasteiger partial charge in [0.25, 0.3) is 0 Å². The predicted molar refractivity (Wildman–Crippen MR) is 117 cm³/mol. The third kappa shape index (κ3) is 3.65. The molecule has 0 aromatic carbocycles. The second kappa shape index (κ2) is 7.65. The molecule has 0 aliphatic carbocycles. The molecule has 0 saturated carbocycles. The highest BCUT2D eigenvalue weighted by Crippen LogP contribution is 2.43. The fraction of sp³-hybridized carbons (Fsp3) is 0.0417. The van der Waals surface area contributed by atoms with Crippen molar-refractivity contribution in [3.8, 4) is 35.1 Å². The number of terminal acetylenes is 1. The minimum atomic E-state index is -1.01. The molecule has 0 bridgehead atoms. The summed E-state index contributed by atoms with van der Waals surface area (Å²) in [6.07, 6.45) is 13.1. The summed E-state index contributed by atoms with van der Waals surface area (Å²) in [5.41, 5.74) is 4.18. The molecular weight excluding hydrogens is 394 g/mol. The highest BCUT2D eigenvalue weighted by Gasteiger charge is 2.50. The van der Waals surface area contributed by atoms with E-state index >= 15 is 0 Å². The maximum atomic E-state index is 5.49. The van der Waals surface area contributed by atoms with Crippen LogP contribution in [-0.2, 0) is 15.6 Å². The number of hydrogen-bond donors (Lipinski definition) is 0. The Morgan fingerprint density at radius 3 is 2.03 bits per heavy atom. The summed E-state index contributed by atoms with van der Waals surface area (Å²) in [5.74, 6) is 1.52. The Morgan fingerprint density at radius 2 is 1.50 bits per heavy atom. The first kappa shape index (κ1) is 18.4. The van der Waals surface area contributed by atoms with Crippen molar-refractivity contribution in [1.82, 2.24) is 15.0 Å². The van der Waals surface area contributed by atoms with Crippen LogP contribution in [0.3, 0.4) is 0 Å². The van der Waals surface area contributed by atoms with E-state index < -0.39 is 5.79 Å². The van der Waals surface area contributed by atoms with Crippen LogP contribution >= 0.6 is 11.3 Å². The molecule has 5 nitrogen and oxygen atoms in total. The number of hydrogen-bond acceptors (Lipinski definition) is 6. The molecule has 0 amide bonds. The fourth-order valence-corrected chi connectivity index (χ4v) is 3.90. The minimum absolute atomic E-state index is 0.788. The maximum absolute atomic E-state index is 5.49. The van der Waals surface area contributed by atoms with Crippen molar-refractivity contribution in [2.75, 3.05) is 0 Å². The van der Waals surface area contributed by atoms with E-state index in [2.05, 4.69) is 15.9 Å². The maximum Gasteiger partial charge on any atom is 0.328 e. The number of pyridine rings is 3. The Kier molecular flexibility index (Phi) is 4.69. The molecule has 1 aliphatic heterocycles. The highest BCUT2D eigenvalue weighted by molar-refractivity contribution is 7.13. The summed E-state index contributed by atoms with van der Waals surface area (Å²) >= 11 is 1.53. The molecular formula is C24H15N3O2S. The zero-order valence-corrected chi connectivity index (χ0v) is 16.5. The highest BCUT2D eigenvalue weighted by atomic mass is 32.1. The lowest BCUT2D eigenvalue weighted by Gasteiger charge is -2.06. The lowest BCUT2D eigenvalue weighted by Crippen LogP contribution is -1.99. The molecule has 0 spiro atoms. The van der Waals surface area contributed by atoms with Crippen LogP contribution in [0, 0.1) is 12.3 Å². The molecule has 4 aromatic rings. The van der Waals surface area contributed by atoms with Gasteiger partial charge in [0.15, 0.2) is 0 Å². The average molecular weight is 409 g/mol. The van der Waals surface area contributed by atoms with Crippen molar-refractivity contribution in [2.24, 2.45) is 0 Å². The van der Waals surface area contributed by atoms with E-state index in [9.17, 15) is 0 Å². The summed E-state index contributed by atoms with van der Waals surface area (Å²) in [4.78, 5) is 25.5. The van der Waals surface area contributed by atoms with Crippen molar-refractivity contribution < 1.29 is 9.78 Å². The van der Waals surface area contributed by atoms with Crippen LogP contribution in [0.15, 0.2) is 73.1 Å². The Balaban J connectivity index is 1.51. The molecule has 1 fully saturated rings. The Morgan fingerprint density at radius 1 is 0.833 bits per heavy atom. The topological polar surface area (TPSA) is 63.7 Å². The molecule has 0 N–H and O–H groups in total. The summed E-state index contributed by atoms with van der Waals surface area (Å²) in [5, 5.41) is 0. The van der Waals surface area contributed by atoms with Gasteiger partial charge < -0.3 is 0 Å². The van der Waals surface area contributed by atoms with E-state index in [1.165, 1.54) is 11.3 Å². The molecule has 144 valence electrons. The van der Waals surface area contributed by atoms with Gasteiger partial charge in [-0.15, -0.1) is 17.8 Å². The van der Waals surface area contributed by atoms with Crippen molar-refractivity contribution in [2.45, 2.75) is 5.79 Å². The van der Waals surface area contributed by atoms with Gasteiger partial charge in [-0.25, -0.2) is 4.98 Å². The molecule has 1 saturated heterocycles. The van der Waals surface area contributed by atoms with Gasteiger partial charge in [0.1, 0.15) is 0 Å². The van der Waals surface area contributed by atoms with Gasteiger partial charge in [-0.1, -0.05) is 18.2 Å². The Labute approximate surface area is 177 Å². The lowest BCUT2D eigenvalue weighted by atomic mass is 10.1. The predicted octanol–water partition coefficient (Wildman–Crippen LogP) is 5.19. The van der Waals surface area contributed by atoms with Gasteiger partial charge in [0.2, 0.25) is 0 Å². The normalized spacial score (nSPS) is 14.5. The molecule has 1 aliphatic rings. The van der Waals surface area contributed by atoms with E-state index in [4.69, 9.17) is 21.2 Å². The quantitative estimate of drug-likeness (QED) is 0.258. The fourth-order valence-electron chi connectivity index (χ4n) is 2.98. The number of rotatable bonds is 5. The van der Waals surface area contributed by atoms with Crippen LogP contribution in [-0.4, -0.2) is 15.0 Å². The van der Waals surface area contributed by atoms with E-state index in [1.807, 2.05) is 72.8 Å². The third-order valence-corrected chi connectivity index (χ3v) is 5.67. The zero-order valence-electron chi connectivity index (χ0n) is 15.7. The van der Waals surface area contributed by atoms with E-state index in [1.54, 1.807) is 12.4 Å². The lowest BCUT2D eigenvalue weighted by molar-refractivity contribution is 0.0850. The molecule has 6 heteroatoms. The SMILES string of the molecule is C#CC1(c2ccc(C=Cc3cc(-c4ccccn4)nc(-c4ccccn4)c3)s2)OO1. The zero-order chi connectivity index (χ0) is 20.4. The van der Waals surface area contributed by atoms with E-state index in [0.29, 0.717) is 0 Å². The van der Waals surface area contributed by atoms with Crippen LogP contribution < -0.4 is 0 Å². The van der Waals surface area contributed by atoms with Gasteiger partial charge in [-0.2, -0.15) is 9.78 Å². The Hall–Kier alpha value is -3.63. The first-order valence-corrected chi connectivity index (χ1v) is 10.1. The van der Waals surface area contributed by atoms with Crippen molar-refractivity contribution in [3.05, 3.63) is 88.4 Å². The van der Waals surface area contributed by atoms with Gasteiger partial charge in [-0.05, 0) is 66.1 Å². The molecule has 5 rings (SSSR count). The van der Waals surface area contributed by atoms with Crippen LogP contribution in [0.2, 0.25) is 0 Å². The number of nitrogens with zero attached hydrogens (tertiary/aromatic N) is 3. The molecule has 0 atom stereocenters. The largest absolute Gasteiger partial charge is 0.328 e. The van der Waals surface area contributed by atoms with E-state index in [-0.39, 0.29) is 0 Å². The third-order valence-electron chi connectivity index (χ3n) is 4.53. The second-order valence-corrected chi connectivity index (χ2v) is 7.68. The van der Waals surface area contributed by atoms with Crippen LogP contribution in [0.25, 0.3) is 34.9 Å². The Bertz CT molecular complexity index is 1200. The molecule has 5 heterocycles. The first-order valence-electron chi connectivity index (χ1n) is 9.24. The van der Waals surface area contributed by atoms with Crippen LogP contribution in [0.4, 0.5) is 0 Å². The summed E-state index contributed by atoms with van der Waals surface area (Å²) in [6, 6.07) is 19.5. The van der Waals surface area contributed by atoms with Crippen molar-refractivity contribution in [3.63, 3.8) is 0 Å². The second-order valence-electron chi connectivity index (χ2n) is 6.56. The smallest absolute Gasteiger partial charge is 0.255 e. The first-order chi connectivity index (χ1) is 14.8. The van der Waals surface area contributed by atoms with Gasteiger partial charge in [0.05, 0.1) is 27.7 Å². The van der Waals surface area contributed by atoms with Crippen LogP contribution in [0.1, 0.15) is 15.3 Å². The van der Waals surface area contributed by atoms with Gasteiger partial charge in [-0.3, -0.25) is 9.97 Å². The summed E-state index contributed by atoms with van der Waals surface area (Å²) in [6.45, 7) is 0. The molecule has 30 heavy (non-hydrogen) atoms. The van der Waals surface area contributed by atoms with E-state index in [0.717, 1.165) is 38.1 Å². The number of aromatic nitrogens is 3. The number of thiophene rings is 1. The van der Waals surface area contributed by atoms with Crippen molar-refractivity contribution >= 4 is 23.5 Å². The molecule has 4 aromatic heterocycles. The van der Waals surface area contributed by atoms with Crippen LogP contribution in [0.5, 0.6) is 0 Å². The van der Waals surface area contributed by atoms with Gasteiger partial charge >= 0.3 is 5.79 Å². The average Bonchev–Trinajstić information content (AvgIpc) is 3.48. The molecule has 0 radical (unpaired) electrons. The molecule has 0 unspecified atom stereocenters. The standard InChI is InChI=1S/C24H15N3O2S/c1-2-24(28-29-24)23-12-11-18(30-23)10-9-17-15-21(19-7-3-5-13-25-19)27-22(16-17)20-8-4-6-14-26-20/h1,3-16H. The minimum Gasteiger partial charge on any atom is -0.255 e. The summed E-state index contributed by atoms with van der Waals surface area (Å²) < 4.78 is 0. The van der Waals surface area contributed by atoms with Gasteiger partial charge in [0, 0.05) is 17.3 Å².